The average Bonchev–Trinajstić information content (AvgIpc) is 3.28. The predicted octanol–water partition coefficient (Wildman–Crippen LogP) is 3.48. The van der Waals surface area contributed by atoms with E-state index >= 15 is 0 Å². The molecular weight excluding hydrogens is 306 g/mol. The molecule has 3 rings (SSSR count). The van der Waals surface area contributed by atoms with Crippen LogP contribution in [0.25, 0.3) is 0 Å². The van der Waals surface area contributed by atoms with E-state index in [1.807, 2.05) is 18.2 Å². The van der Waals surface area contributed by atoms with Crippen molar-refractivity contribution in [3.05, 3.63) is 47.9 Å². The first kappa shape index (κ1) is 16.9. The van der Waals surface area contributed by atoms with Gasteiger partial charge in [0, 0.05) is 31.8 Å². The number of ether oxygens (including phenoxy) is 3. The molecule has 1 aliphatic rings. The van der Waals surface area contributed by atoms with Gasteiger partial charge < -0.3 is 18.6 Å². The monoisotopic (exact) mass is 331 g/mol. The third kappa shape index (κ3) is 4.30. The van der Waals surface area contributed by atoms with Crippen molar-refractivity contribution in [1.82, 2.24) is 4.90 Å². The highest BCUT2D eigenvalue weighted by Gasteiger charge is 2.20. The Morgan fingerprint density at radius 3 is 2.58 bits per heavy atom. The van der Waals surface area contributed by atoms with E-state index in [-0.39, 0.29) is 0 Å². The fourth-order valence-corrected chi connectivity index (χ4v) is 3.14. The molecule has 1 fully saturated rings. The average molecular weight is 331 g/mol. The van der Waals surface area contributed by atoms with Crippen molar-refractivity contribution in [2.75, 3.05) is 27.4 Å². The predicted molar refractivity (Wildman–Crippen MR) is 91.3 cm³/mol. The molecule has 0 amide bonds. The number of furan rings is 1. The van der Waals surface area contributed by atoms with Gasteiger partial charge >= 0.3 is 0 Å². The van der Waals surface area contributed by atoms with E-state index in [1.165, 1.54) is 11.1 Å². The van der Waals surface area contributed by atoms with Gasteiger partial charge in [0.15, 0.2) is 11.5 Å². The van der Waals surface area contributed by atoms with Crippen molar-refractivity contribution in [2.24, 2.45) is 0 Å². The second kappa shape index (κ2) is 8.22. The van der Waals surface area contributed by atoms with Crippen LogP contribution in [0, 0.1) is 0 Å². The topological polar surface area (TPSA) is 44.1 Å². The molecule has 0 spiro atoms. The van der Waals surface area contributed by atoms with Crippen molar-refractivity contribution in [3.8, 4) is 11.5 Å². The van der Waals surface area contributed by atoms with Crippen LogP contribution < -0.4 is 9.47 Å². The molecule has 0 radical (unpaired) electrons. The molecule has 1 aromatic heterocycles. The van der Waals surface area contributed by atoms with E-state index in [2.05, 4.69) is 11.0 Å². The highest BCUT2D eigenvalue weighted by Crippen LogP contribution is 2.28. The minimum Gasteiger partial charge on any atom is -0.493 e. The summed E-state index contributed by atoms with van der Waals surface area (Å²) in [6.07, 6.45) is 6.12. The maximum atomic E-state index is 5.81. The number of hydrogen-bond acceptors (Lipinski definition) is 5. The molecule has 2 heterocycles. The first-order valence-corrected chi connectivity index (χ1v) is 8.34. The fourth-order valence-electron chi connectivity index (χ4n) is 3.14. The number of rotatable bonds is 8. The lowest BCUT2D eigenvalue weighted by molar-refractivity contribution is 0.0678. The van der Waals surface area contributed by atoms with Crippen molar-refractivity contribution in [3.63, 3.8) is 0 Å². The molecule has 0 N–H and O–H groups in total. The molecule has 1 atom stereocenters. The van der Waals surface area contributed by atoms with Gasteiger partial charge in [0.1, 0.15) is 0 Å². The van der Waals surface area contributed by atoms with Gasteiger partial charge in [-0.25, -0.2) is 0 Å². The molecule has 2 aromatic rings. The van der Waals surface area contributed by atoms with Crippen LogP contribution in [-0.2, 0) is 17.8 Å². The summed E-state index contributed by atoms with van der Waals surface area (Å²) in [4.78, 5) is 2.39. The minimum atomic E-state index is 0.317. The Bertz CT molecular complexity index is 620. The molecule has 0 bridgehead atoms. The zero-order chi connectivity index (χ0) is 16.8. The number of methoxy groups -OCH3 is 2. The van der Waals surface area contributed by atoms with E-state index in [4.69, 9.17) is 18.6 Å². The molecule has 24 heavy (non-hydrogen) atoms. The molecule has 0 saturated carbocycles. The second-order valence-corrected chi connectivity index (χ2v) is 6.13. The molecule has 1 aromatic carbocycles. The molecule has 1 saturated heterocycles. The van der Waals surface area contributed by atoms with Gasteiger partial charge in [-0.15, -0.1) is 0 Å². The summed E-state index contributed by atoms with van der Waals surface area (Å²) in [6.45, 7) is 3.45. The molecule has 1 unspecified atom stereocenters. The van der Waals surface area contributed by atoms with E-state index in [0.717, 1.165) is 50.6 Å². The molecule has 5 heteroatoms. The van der Waals surface area contributed by atoms with Crippen LogP contribution in [0.2, 0.25) is 0 Å². The van der Waals surface area contributed by atoms with Gasteiger partial charge in [0.25, 0.3) is 0 Å². The number of benzene rings is 1. The Morgan fingerprint density at radius 2 is 1.92 bits per heavy atom. The summed E-state index contributed by atoms with van der Waals surface area (Å²) in [7, 11) is 3.32. The third-order valence-electron chi connectivity index (χ3n) is 4.33. The molecule has 0 aliphatic carbocycles. The molecular formula is C19H25NO4. The summed E-state index contributed by atoms with van der Waals surface area (Å²) in [5, 5.41) is 0. The Morgan fingerprint density at radius 1 is 1.08 bits per heavy atom. The highest BCUT2D eigenvalue weighted by atomic mass is 16.5. The normalized spacial score (nSPS) is 17.4. The molecule has 5 nitrogen and oxygen atoms in total. The smallest absolute Gasteiger partial charge is 0.161 e. The lowest BCUT2D eigenvalue weighted by Crippen LogP contribution is -2.31. The van der Waals surface area contributed by atoms with Gasteiger partial charge in [-0.2, -0.15) is 0 Å². The van der Waals surface area contributed by atoms with Crippen LogP contribution in [0.3, 0.4) is 0 Å². The summed E-state index contributed by atoms with van der Waals surface area (Å²) in [5.74, 6) is 1.51. The largest absolute Gasteiger partial charge is 0.493 e. The highest BCUT2D eigenvalue weighted by molar-refractivity contribution is 5.42. The number of nitrogens with zero attached hydrogens (tertiary/aromatic N) is 1. The van der Waals surface area contributed by atoms with Crippen LogP contribution in [0.1, 0.15) is 24.0 Å². The Labute approximate surface area is 143 Å². The van der Waals surface area contributed by atoms with Gasteiger partial charge in [0.05, 0.1) is 32.8 Å². The van der Waals surface area contributed by atoms with Gasteiger partial charge in [0.2, 0.25) is 0 Å². The van der Waals surface area contributed by atoms with Crippen LogP contribution in [0.15, 0.2) is 41.2 Å². The summed E-state index contributed by atoms with van der Waals surface area (Å²) < 4.78 is 21.8. The SMILES string of the molecule is COc1ccc(CN(Cc2ccoc2)CC2CCCO2)cc1OC. The second-order valence-electron chi connectivity index (χ2n) is 6.13. The zero-order valence-electron chi connectivity index (χ0n) is 14.4. The van der Waals surface area contributed by atoms with Gasteiger partial charge in [-0.05, 0) is 36.6 Å². The quantitative estimate of drug-likeness (QED) is 0.741. The van der Waals surface area contributed by atoms with E-state index < -0.39 is 0 Å². The zero-order valence-corrected chi connectivity index (χ0v) is 14.4. The van der Waals surface area contributed by atoms with Gasteiger partial charge in [-0.3, -0.25) is 4.90 Å². The Hall–Kier alpha value is -1.98. The lowest BCUT2D eigenvalue weighted by Gasteiger charge is -2.25. The van der Waals surface area contributed by atoms with Gasteiger partial charge in [-0.1, -0.05) is 6.07 Å². The van der Waals surface area contributed by atoms with Crippen molar-refractivity contribution < 1.29 is 18.6 Å². The first-order chi connectivity index (χ1) is 11.8. The van der Waals surface area contributed by atoms with Crippen LogP contribution in [0.5, 0.6) is 11.5 Å². The maximum absolute atomic E-state index is 5.81. The van der Waals surface area contributed by atoms with E-state index in [9.17, 15) is 0 Å². The fraction of sp³-hybridized carbons (Fsp3) is 0.474. The maximum Gasteiger partial charge on any atom is 0.161 e. The third-order valence-corrected chi connectivity index (χ3v) is 4.33. The molecule has 1 aliphatic heterocycles. The van der Waals surface area contributed by atoms with Crippen molar-refractivity contribution in [1.29, 1.82) is 0 Å². The Kier molecular flexibility index (Phi) is 5.77. The summed E-state index contributed by atoms with van der Waals surface area (Å²) in [5.41, 5.74) is 2.36. The lowest BCUT2D eigenvalue weighted by atomic mass is 10.1. The first-order valence-electron chi connectivity index (χ1n) is 8.34. The van der Waals surface area contributed by atoms with E-state index in [0.29, 0.717) is 6.10 Å². The van der Waals surface area contributed by atoms with Crippen LogP contribution >= 0.6 is 0 Å². The van der Waals surface area contributed by atoms with Crippen LogP contribution in [-0.4, -0.2) is 38.4 Å². The summed E-state index contributed by atoms with van der Waals surface area (Å²) in [6, 6.07) is 8.09. The van der Waals surface area contributed by atoms with Crippen molar-refractivity contribution >= 4 is 0 Å². The number of hydrogen-bond donors (Lipinski definition) is 0. The Balaban J connectivity index is 1.72. The molecule has 130 valence electrons. The standard InChI is InChI=1S/C19H25NO4/c1-21-18-6-5-15(10-19(18)22-2)11-20(12-16-7-9-23-14-16)13-17-4-3-8-24-17/h5-7,9-10,14,17H,3-4,8,11-13H2,1-2H3. The van der Waals surface area contributed by atoms with Crippen LogP contribution in [0.4, 0.5) is 0 Å². The van der Waals surface area contributed by atoms with E-state index in [1.54, 1.807) is 26.7 Å². The summed E-state index contributed by atoms with van der Waals surface area (Å²) >= 11 is 0. The minimum absolute atomic E-state index is 0.317. The van der Waals surface area contributed by atoms with Crippen molar-refractivity contribution in [2.45, 2.75) is 32.0 Å².